The van der Waals surface area contributed by atoms with Gasteiger partial charge in [-0.25, -0.2) is 0 Å². The second-order valence-corrected chi connectivity index (χ2v) is 8.60. The Morgan fingerprint density at radius 1 is 0.533 bits per heavy atom. The van der Waals surface area contributed by atoms with E-state index in [9.17, 15) is 0 Å². The molecule has 0 heterocycles. The molecular weight excluding hydrogens is 368 g/mol. The highest BCUT2D eigenvalue weighted by atomic mass is 16.5. The fourth-order valence-electron chi connectivity index (χ4n) is 3.75. The topological polar surface area (TPSA) is 18.5 Å². The van der Waals surface area contributed by atoms with E-state index in [1.807, 2.05) is 0 Å². The minimum atomic E-state index is 0.271. The molecular formula is C28H42O2. The molecule has 0 N–H and O–H groups in total. The molecule has 0 amide bonds. The molecule has 0 aliphatic rings. The second kappa shape index (κ2) is 14.1. The lowest BCUT2D eigenvalue weighted by Gasteiger charge is -2.16. The van der Waals surface area contributed by atoms with Crippen LogP contribution in [-0.2, 0) is 0 Å². The minimum Gasteiger partial charge on any atom is -0.491 e. The van der Waals surface area contributed by atoms with Crippen molar-refractivity contribution in [2.75, 3.05) is 0 Å². The largest absolute Gasteiger partial charge is 0.491 e. The third kappa shape index (κ3) is 9.24. The zero-order valence-electron chi connectivity index (χ0n) is 19.7. The van der Waals surface area contributed by atoms with Gasteiger partial charge in [-0.15, -0.1) is 0 Å². The van der Waals surface area contributed by atoms with Crippen LogP contribution in [0, 0.1) is 0 Å². The Morgan fingerprint density at radius 2 is 0.900 bits per heavy atom. The smallest absolute Gasteiger partial charge is 0.119 e. The second-order valence-electron chi connectivity index (χ2n) is 8.60. The summed E-state index contributed by atoms with van der Waals surface area (Å²) < 4.78 is 12.2. The lowest BCUT2D eigenvalue weighted by atomic mass is 10.1. The summed E-state index contributed by atoms with van der Waals surface area (Å²) in [4.78, 5) is 0. The van der Waals surface area contributed by atoms with E-state index in [1.165, 1.54) is 62.5 Å². The van der Waals surface area contributed by atoms with Crippen LogP contribution < -0.4 is 9.47 Å². The van der Waals surface area contributed by atoms with Crippen molar-refractivity contribution in [3.63, 3.8) is 0 Å². The number of hydrogen-bond acceptors (Lipinski definition) is 2. The van der Waals surface area contributed by atoms with Gasteiger partial charge in [-0.3, -0.25) is 0 Å². The average molecular weight is 411 g/mol. The molecule has 2 aromatic rings. The summed E-state index contributed by atoms with van der Waals surface area (Å²) in [6.07, 6.45) is 13.1. The molecule has 0 unspecified atom stereocenters. The van der Waals surface area contributed by atoms with E-state index in [0.29, 0.717) is 0 Å². The fourth-order valence-corrected chi connectivity index (χ4v) is 3.75. The summed E-state index contributed by atoms with van der Waals surface area (Å²) in [6, 6.07) is 16.9. The fraction of sp³-hybridized carbons (Fsp3) is 0.571. The van der Waals surface area contributed by atoms with Crippen LogP contribution in [0.5, 0.6) is 11.5 Å². The molecule has 0 bridgehead atoms. The van der Waals surface area contributed by atoms with Crippen molar-refractivity contribution >= 4 is 0 Å². The molecule has 2 atom stereocenters. The highest BCUT2D eigenvalue weighted by molar-refractivity contribution is 5.64. The Hall–Kier alpha value is -1.96. The van der Waals surface area contributed by atoms with Crippen LogP contribution in [0.3, 0.4) is 0 Å². The summed E-state index contributed by atoms with van der Waals surface area (Å²) >= 11 is 0. The summed E-state index contributed by atoms with van der Waals surface area (Å²) in [5, 5.41) is 0. The van der Waals surface area contributed by atoms with E-state index in [2.05, 4.69) is 76.2 Å². The Morgan fingerprint density at radius 3 is 1.23 bits per heavy atom. The van der Waals surface area contributed by atoms with Crippen LogP contribution in [0.1, 0.15) is 91.9 Å². The first kappa shape index (κ1) is 24.3. The average Bonchev–Trinajstić information content (AvgIpc) is 2.75. The van der Waals surface area contributed by atoms with Gasteiger partial charge in [0, 0.05) is 0 Å². The van der Waals surface area contributed by atoms with Gasteiger partial charge >= 0.3 is 0 Å². The van der Waals surface area contributed by atoms with Gasteiger partial charge in [-0.05, 0) is 74.9 Å². The van der Waals surface area contributed by atoms with Crippen molar-refractivity contribution in [3.05, 3.63) is 48.5 Å². The van der Waals surface area contributed by atoms with Crippen molar-refractivity contribution in [2.45, 2.75) is 104 Å². The molecule has 2 rings (SSSR count). The van der Waals surface area contributed by atoms with Gasteiger partial charge in [0.25, 0.3) is 0 Å². The van der Waals surface area contributed by atoms with Crippen LogP contribution in [-0.4, -0.2) is 12.2 Å². The van der Waals surface area contributed by atoms with Gasteiger partial charge in [-0.2, -0.15) is 0 Å². The van der Waals surface area contributed by atoms with Gasteiger partial charge in [0.2, 0.25) is 0 Å². The predicted octanol–water partition coefficient (Wildman–Crippen LogP) is 8.83. The Balaban J connectivity index is 1.80. The quantitative estimate of drug-likeness (QED) is 0.273. The molecule has 30 heavy (non-hydrogen) atoms. The van der Waals surface area contributed by atoms with Crippen molar-refractivity contribution in [1.82, 2.24) is 0 Å². The van der Waals surface area contributed by atoms with E-state index in [-0.39, 0.29) is 12.2 Å². The summed E-state index contributed by atoms with van der Waals surface area (Å²) in [5.74, 6) is 1.91. The summed E-state index contributed by atoms with van der Waals surface area (Å²) in [6.45, 7) is 8.84. The third-order valence-electron chi connectivity index (χ3n) is 5.64. The molecule has 0 saturated carbocycles. The Bertz CT molecular complexity index is 613. The zero-order valence-corrected chi connectivity index (χ0v) is 19.7. The first-order chi connectivity index (χ1) is 14.6. The summed E-state index contributed by atoms with van der Waals surface area (Å²) in [7, 11) is 0. The van der Waals surface area contributed by atoms with Crippen LogP contribution >= 0.6 is 0 Å². The van der Waals surface area contributed by atoms with Gasteiger partial charge in [-0.1, -0.05) is 76.6 Å². The highest BCUT2D eigenvalue weighted by Crippen LogP contribution is 2.26. The van der Waals surface area contributed by atoms with Crippen LogP contribution in [0.25, 0.3) is 11.1 Å². The highest BCUT2D eigenvalue weighted by Gasteiger charge is 2.07. The van der Waals surface area contributed by atoms with Gasteiger partial charge in [0.05, 0.1) is 12.2 Å². The van der Waals surface area contributed by atoms with Crippen LogP contribution in [0.4, 0.5) is 0 Å². The van der Waals surface area contributed by atoms with Crippen LogP contribution in [0.15, 0.2) is 48.5 Å². The van der Waals surface area contributed by atoms with Gasteiger partial charge < -0.3 is 9.47 Å². The lowest BCUT2D eigenvalue weighted by Crippen LogP contribution is -2.11. The van der Waals surface area contributed by atoms with Crippen molar-refractivity contribution < 1.29 is 9.47 Å². The predicted molar refractivity (Wildman–Crippen MR) is 130 cm³/mol. The normalized spacial score (nSPS) is 13.1. The first-order valence-electron chi connectivity index (χ1n) is 12.2. The maximum absolute atomic E-state index is 6.08. The van der Waals surface area contributed by atoms with E-state index < -0.39 is 0 Å². The summed E-state index contributed by atoms with van der Waals surface area (Å²) in [5.41, 5.74) is 2.41. The van der Waals surface area contributed by atoms with Crippen molar-refractivity contribution in [3.8, 4) is 22.6 Å². The number of unbranched alkanes of at least 4 members (excludes halogenated alkanes) is 6. The number of ether oxygens (including phenoxy) is 2. The van der Waals surface area contributed by atoms with Crippen LogP contribution in [0.2, 0.25) is 0 Å². The molecule has 0 spiro atoms. The van der Waals surface area contributed by atoms with E-state index in [4.69, 9.17) is 9.47 Å². The molecule has 0 aliphatic heterocycles. The SMILES string of the molecule is CCCCCC[C@@H](C)Oc1ccc(-c2ccc(O[C@H](C)CCCCCC)cc2)cc1. The number of hydrogen-bond donors (Lipinski definition) is 0. The zero-order chi connectivity index (χ0) is 21.6. The number of benzene rings is 2. The molecule has 0 saturated heterocycles. The van der Waals surface area contributed by atoms with E-state index in [1.54, 1.807) is 0 Å². The first-order valence-corrected chi connectivity index (χ1v) is 12.2. The molecule has 2 heteroatoms. The molecule has 166 valence electrons. The monoisotopic (exact) mass is 410 g/mol. The van der Waals surface area contributed by atoms with Gasteiger partial charge in [0.1, 0.15) is 11.5 Å². The molecule has 0 aliphatic carbocycles. The van der Waals surface area contributed by atoms with Crippen molar-refractivity contribution in [1.29, 1.82) is 0 Å². The Labute approximate surface area is 185 Å². The van der Waals surface area contributed by atoms with Crippen molar-refractivity contribution in [2.24, 2.45) is 0 Å². The molecule has 2 nitrogen and oxygen atoms in total. The van der Waals surface area contributed by atoms with E-state index >= 15 is 0 Å². The maximum atomic E-state index is 6.08. The minimum absolute atomic E-state index is 0.271. The Kier molecular flexibility index (Phi) is 11.4. The molecule has 0 radical (unpaired) electrons. The lowest BCUT2D eigenvalue weighted by molar-refractivity contribution is 0.206. The molecule has 0 fully saturated rings. The maximum Gasteiger partial charge on any atom is 0.119 e. The standard InChI is InChI=1S/C28H42O2/c1-5-7-9-11-13-23(3)29-27-19-15-25(16-20-27)26-17-21-28(22-18-26)30-24(4)14-12-10-8-6-2/h15-24H,5-14H2,1-4H3/t23-,24-/m1/s1. The van der Waals surface area contributed by atoms with Gasteiger partial charge in [0.15, 0.2) is 0 Å². The van der Waals surface area contributed by atoms with E-state index in [0.717, 1.165) is 24.3 Å². The molecule has 0 aromatic heterocycles. The third-order valence-corrected chi connectivity index (χ3v) is 5.64. The number of rotatable bonds is 15. The molecule has 2 aromatic carbocycles.